The van der Waals surface area contributed by atoms with Gasteiger partial charge < -0.3 is 10.1 Å². The van der Waals surface area contributed by atoms with Gasteiger partial charge in [0.2, 0.25) is 0 Å². The van der Waals surface area contributed by atoms with Gasteiger partial charge in [-0.05, 0) is 46.4 Å². The number of anilines is 1. The molecule has 3 aromatic carbocycles. The molecule has 0 fully saturated rings. The van der Waals surface area contributed by atoms with Crippen LogP contribution in [0.15, 0.2) is 71.2 Å². The van der Waals surface area contributed by atoms with E-state index in [0.717, 1.165) is 20.9 Å². The minimum atomic E-state index is -0.604. The fourth-order valence-corrected chi connectivity index (χ4v) is 2.72. The number of para-hydroxylation sites is 1. The molecule has 0 unspecified atom stereocenters. The van der Waals surface area contributed by atoms with E-state index >= 15 is 0 Å². The van der Waals surface area contributed by atoms with Crippen molar-refractivity contribution >= 4 is 38.3 Å². The monoisotopic (exact) mass is 369 g/mol. The van der Waals surface area contributed by atoms with Crippen molar-refractivity contribution in [3.05, 3.63) is 71.2 Å². The third-order valence-electron chi connectivity index (χ3n) is 3.55. The lowest BCUT2D eigenvalue weighted by Gasteiger charge is -2.16. The Bertz CT molecular complexity index is 842. The van der Waals surface area contributed by atoms with Crippen molar-refractivity contribution in [1.82, 2.24) is 0 Å². The van der Waals surface area contributed by atoms with Gasteiger partial charge in [-0.2, -0.15) is 0 Å². The topological polar surface area (TPSA) is 38.3 Å². The van der Waals surface area contributed by atoms with Crippen molar-refractivity contribution in [2.75, 3.05) is 5.32 Å². The Morgan fingerprint density at radius 3 is 2.52 bits per heavy atom. The number of hydrogen-bond donors (Lipinski definition) is 1. The zero-order chi connectivity index (χ0) is 16.2. The fraction of sp³-hybridized carbons (Fsp3) is 0.105. The first-order valence-electron chi connectivity index (χ1n) is 7.35. The highest BCUT2D eigenvalue weighted by Crippen LogP contribution is 2.26. The minimum Gasteiger partial charge on any atom is -0.480 e. The highest BCUT2D eigenvalue weighted by molar-refractivity contribution is 9.10. The molecule has 0 radical (unpaired) electrons. The van der Waals surface area contributed by atoms with Gasteiger partial charge in [-0.25, -0.2) is 0 Å². The number of nitrogens with one attached hydrogen (secondary N) is 1. The van der Waals surface area contributed by atoms with Crippen LogP contribution in [0.3, 0.4) is 0 Å². The van der Waals surface area contributed by atoms with Crippen LogP contribution in [-0.2, 0) is 4.79 Å². The number of fused-ring (bicyclic) bond motifs is 1. The van der Waals surface area contributed by atoms with E-state index in [1.54, 1.807) is 6.92 Å². The maximum Gasteiger partial charge on any atom is 0.265 e. The van der Waals surface area contributed by atoms with E-state index in [9.17, 15) is 4.79 Å². The predicted octanol–water partition coefficient (Wildman–Crippen LogP) is 5.01. The lowest BCUT2D eigenvalue weighted by molar-refractivity contribution is -0.122. The van der Waals surface area contributed by atoms with Crippen molar-refractivity contribution in [3.63, 3.8) is 0 Å². The molecule has 116 valence electrons. The normalized spacial score (nSPS) is 11.9. The lowest BCUT2D eigenvalue weighted by atomic mass is 10.1. The van der Waals surface area contributed by atoms with Crippen molar-refractivity contribution in [2.24, 2.45) is 0 Å². The molecule has 3 nitrogen and oxygen atoms in total. The minimum absolute atomic E-state index is 0.190. The second-order valence-electron chi connectivity index (χ2n) is 5.21. The van der Waals surface area contributed by atoms with Gasteiger partial charge in [0.25, 0.3) is 5.91 Å². The standard InChI is InChI=1S/C19H16BrNO2/c1-13(19(22)21-17-11-5-4-10-16(17)20)23-18-12-6-8-14-7-2-3-9-15(14)18/h2-13H,1H3,(H,21,22)/t13-/m1/s1. The summed E-state index contributed by atoms with van der Waals surface area (Å²) in [6.07, 6.45) is -0.604. The lowest BCUT2D eigenvalue weighted by Crippen LogP contribution is -2.30. The molecule has 4 heteroatoms. The van der Waals surface area contributed by atoms with E-state index in [4.69, 9.17) is 4.74 Å². The van der Waals surface area contributed by atoms with Gasteiger partial charge in [-0.1, -0.05) is 48.5 Å². The molecule has 0 aliphatic heterocycles. The highest BCUT2D eigenvalue weighted by atomic mass is 79.9. The van der Waals surface area contributed by atoms with E-state index in [1.807, 2.05) is 66.7 Å². The molecule has 0 saturated carbocycles. The van der Waals surface area contributed by atoms with E-state index in [-0.39, 0.29) is 5.91 Å². The summed E-state index contributed by atoms with van der Waals surface area (Å²) in [6, 6.07) is 21.3. The molecule has 0 aliphatic rings. The quantitative estimate of drug-likeness (QED) is 0.701. The van der Waals surface area contributed by atoms with Gasteiger partial charge in [0.15, 0.2) is 6.10 Å². The van der Waals surface area contributed by atoms with E-state index in [1.165, 1.54) is 0 Å². The summed E-state index contributed by atoms with van der Waals surface area (Å²) < 4.78 is 6.71. The average Bonchev–Trinajstić information content (AvgIpc) is 2.57. The van der Waals surface area contributed by atoms with Crippen LogP contribution < -0.4 is 10.1 Å². The molecule has 0 saturated heterocycles. The third-order valence-corrected chi connectivity index (χ3v) is 4.25. The largest absolute Gasteiger partial charge is 0.480 e. The zero-order valence-electron chi connectivity index (χ0n) is 12.6. The predicted molar refractivity (Wildman–Crippen MR) is 96.8 cm³/mol. The SMILES string of the molecule is C[C@@H](Oc1cccc2ccccc12)C(=O)Nc1ccccc1Br. The van der Waals surface area contributed by atoms with Gasteiger partial charge in [0, 0.05) is 9.86 Å². The molecule has 1 amide bonds. The first-order chi connectivity index (χ1) is 11.1. The summed E-state index contributed by atoms with van der Waals surface area (Å²) in [5.74, 6) is 0.516. The Kier molecular flexibility index (Phi) is 4.63. The molecule has 23 heavy (non-hydrogen) atoms. The summed E-state index contributed by atoms with van der Waals surface area (Å²) in [5, 5.41) is 4.95. The summed E-state index contributed by atoms with van der Waals surface area (Å²) in [4.78, 5) is 12.3. The van der Waals surface area contributed by atoms with Gasteiger partial charge in [0.1, 0.15) is 5.75 Å². The molecule has 0 bridgehead atoms. The number of carbonyl (C=O) groups is 1. The third kappa shape index (κ3) is 3.54. The maximum absolute atomic E-state index is 12.3. The molecule has 0 aliphatic carbocycles. The zero-order valence-corrected chi connectivity index (χ0v) is 14.2. The first-order valence-corrected chi connectivity index (χ1v) is 8.14. The maximum atomic E-state index is 12.3. The Hall–Kier alpha value is -2.33. The molecular weight excluding hydrogens is 354 g/mol. The molecule has 0 heterocycles. The molecule has 3 aromatic rings. The number of amides is 1. The Morgan fingerprint density at radius 1 is 1.00 bits per heavy atom. The average molecular weight is 370 g/mol. The molecule has 1 N–H and O–H groups in total. The molecule has 0 spiro atoms. The van der Waals surface area contributed by atoms with Crippen molar-refractivity contribution in [2.45, 2.75) is 13.0 Å². The number of ether oxygens (including phenoxy) is 1. The van der Waals surface area contributed by atoms with Crippen LogP contribution in [0, 0.1) is 0 Å². The van der Waals surface area contributed by atoms with Crippen LogP contribution in [-0.4, -0.2) is 12.0 Å². The van der Waals surface area contributed by atoms with Crippen molar-refractivity contribution in [3.8, 4) is 5.75 Å². The van der Waals surface area contributed by atoms with Crippen LogP contribution in [0.5, 0.6) is 5.75 Å². The summed E-state index contributed by atoms with van der Waals surface area (Å²) in [5.41, 5.74) is 0.728. The van der Waals surface area contributed by atoms with Crippen molar-refractivity contribution in [1.29, 1.82) is 0 Å². The molecular formula is C19H16BrNO2. The second kappa shape index (κ2) is 6.84. The molecule has 1 atom stereocenters. The summed E-state index contributed by atoms with van der Waals surface area (Å²) in [6.45, 7) is 1.74. The van der Waals surface area contributed by atoms with Crippen LogP contribution in [0.4, 0.5) is 5.69 Å². The van der Waals surface area contributed by atoms with Gasteiger partial charge >= 0.3 is 0 Å². The Morgan fingerprint density at radius 2 is 1.70 bits per heavy atom. The number of benzene rings is 3. The van der Waals surface area contributed by atoms with Crippen LogP contribution in [0.1, 0.15) is 6.92 Å². The van der Waals surface area contributed by atoms with E-state index in [2.05, 4.69) is 21.2 Å². The molecule has 0 aromatic heterocycles. The van der Waals surface area contributed by atoms with Gasteiger partial charge in [-0.3, -0.25) is 4.79 Å². The smallest absolute Gasteiger partial charge is 0.265 e. The van der Waals surface area contributed by atoms with Crippen LogP contribution in [0.2, 0.25) is 0 Å². The summed E-state index contributed by atoms with van der Waals surface area (Å²) in [7, 11) is 0. The van der Waals surface area contributed by atoms with Gasteiger partial charge in [0.05, 0.1) is 5.69 Å². The Labute approximate surface area is 143 Å². The number of rotatable bonds is 4. The number of carbonyl (C=O) groups excluding carboxylic acids is 1. The Balaban J connectivity index is 1.77. The number of halogens is 1. The second-order valence-corrected chi connectivity index (χ2v) is 6.06. The van der Waals surface area contributed by atoms with E-state index in [0.29, 0.717) is 5.75 Å². The van der Waals surface area contributed by atoms with Gasteiger partial charge in [-0.15, -0.1) is 0 Å². The van der Waals surface area contributed by atoms with Crippen LogP contribution in [0.25, 0.3) is 10.8 Å². The van der Waals surface area contributed by atoms with E-state index < -0.39 is 6.10 Å². The van der Waals surface area contributed by atoms with Crippen molar-refractivity contribution < 1.29 is 9.53 Å². The van der Waals surface area contributed by atoms with Crippen LogP contribution >= 0.6 is 15.9 Å². The fourth-order valence-electron chi connectivity index (χ4n) is 2.34. The highest BCUT2D eigenvalue weighted by Gasteiger charge is 2.16. The summed E-state index contributed by atoms with van der Waals surface area (Å²) >= 11 is 3.42. The first kappa shape index (κ1) is 15.6. The number of hydrogen-bond acceptors (Lipinski definition) is 2. The molecule has 3 rings (SSSR count).